The van der Waals surface area contributed by atoms with Crippen molar-refractivity contribution in [2.75, 3.05) is 0 Å². The van der Waals surface area contributed by atoms with Gasteiger partial charge in [-0.3, -0.25) is 4.98 Å². The number of aromatic amines is 1. The van der Waals surface area contributed by atoms with Crippen LogP contribution in [0.3, 0.4) is 0 Å². The lowest BCUT2D eigenvalue weighted by Gasteiger charge is -2.20. The Labute approximate surface area is 132 Å². The second-order valence-electron chi connectivity index (χ2n) is 5.73. The zero-order valence-electron chi connectivity index (χ0n) is 13.1. The van der Waals surface area contributed by atoms with Gasteiger partial charge in [0.1, 0.15) is 0 Å². The zero-order valence-corrected chi connectivity index (χ0v) is 13.1. The molecule has 109 valence electrons. The first kappa shape index (κ1) is 14.6. The van der Waals surface area contributed by atoms with E-state index in [4.69, 9.17) is 0 Å². The van der Waals surface area contributed by atoms with Crippen LogP contribution in [0.4, 0.5) is 0 Å². The molecule has 2 nitrogen and oxygen atoms in total. The van der Waals surface area contributed by atoms with Crippen molar-refractivity contribution in [1.82, 2.24) is 9.97 Å². The van der Waals surface area contributed by atoms with Gasteiger partial charge in [-0.15, -0.1) is 0 Å². The topological polar surface area (TPSA) is 28.7 Å². The van der Waals surface area contributed by atoms with Gasteiger partial charge in [0.2, 0.25) is 7.28 Å². The summed E-state index contributed by atoms with van der Waals surface area (Å²) in [5, 5.41) is 0. The van der Waals surface area contributed by atoms with Crippen LogP contribution in [0.2, 0.25) is 6.32 Å². The Morgan fingerprint density at radius 3 is 2.50 bits per heavy atom. The summed E-state index contributed by atoms with van der Waals surface area (Å²) in [5.74, 6) is 0.354. The third kappa shape index (κ3) is 3.30. The van der Waals surface area contributed by atoms with Crippen LogP contribution in [0.1, 0.15) is 28.2 Å². The van der Waals surface area contributed by atoms with E-state index in [2.05, 4.69) is 79.6 Å². The molecule has 3 heteroatoms. The van der Waals surface area contributed by atoms with Crippen molar-refractivity contribution in [2.24, 2.45) is 0 Å². The maximum Gasteiger partial charge on any atom is 0.202 e. The average Bonchev–Trinajstić information content (AvgIpc) is 3.04. The zero-order chi connectivity index (χ0) is 15.4. The van der Waals surface area contributed by atoms with Crippen LogP contribution in [-0.4, -0.2) is 17.2 Å². The van der Waals surface area contributed by atoms with E-state index in [1.165, 1.54) is 22.3 Å². The molecule has 0 spiro atoms. The van der Waals surface area contributed by atoms with Crippen molar-refractivity contribution in [1.29, 1.82) is 0 Å². The van der Waals surface area contributed by atoms with Crippen molar-refractivity contribution in [3.05, 3.63) is 83.2 Å². The minimum Gasteiger partial charge on any atom is -0.357 e. The Balaban J connectivity index is 1.91. The molecule has 0 aliphatic carbocycles. The summed E-state index contributed by atoms with van der Waals surface area (Å²) in [7, 11) is 2.18. The molecule has 0 fully saturated rings. The summed E-state index contributed by atoms with van der Waals surface area (Å²) in [5.41, 5.74) is 6.30. The first-order chi connectivity index (χ1) is 10.7. The maximum absolute atomic E-state index is 4.30. The summed E-state index contributed by atoms with van der Waals surface area (Å²) in [6.07, 6.45) is 4.59. The SMILES string of the molecule is Cc1ccc(C(C[B]c2ncc[nH]2)c2ccccc2C)cc1. The molecule has 3 aromatic rings. The molecule has 0 aliphatic rings. The van der Waals surface area contributed by atoms with Crippen LogP contribution < -0.4 is 5.72 Å². The van der Waals surface area contributed by atoms with Crippen molar-refractivity contribution < 1.29 is 0 Å². The Bertz CT molecular complexity index is 717. The summed E-state index contributed by atoms with van der Waals surface area (Å²) < 4.78 is 0. The van der Waals surface area contributed by atoms with Gasteiger partial charge in [-0.05, 0) is 30.5 Å². The molecule has 22 heavy (non-hydrogen) atoms. The number of imidazole rings is 1. The summed E-state index contributed by atoms with van der Waals surface area (Å²) in [6, 6.07) is 17.5. The molecule has 0 amide bonds. The number of hydrogen-bond acceptors (Lipinski definition) is 1. The molecule has 0 bridgehead atoms. The molecule has 0 saturated heterocycles. The highest BCUT2D eigenvalue weighted by Crippen LogP contribution is 2.30. The fourth-order valence-corrected chi connectivity index (χ4v) is 2.84. The molecule has 1 heterocycles. The van der Waals surface area contributed by atoms with E-state index in [0.717, 1.165) is 12.0 Å². The van der Waals surface area contributed by atoms with Crippen LogP contribution in [-0.2, 0) is 0 Å². The Morgan fingerprint density at radius 2 is 1.82 bits per heavy atom. The largest absolute Gasteiger partial charge is 0.357 e. The van der Waals surface area contributed by atoms with E-state index in [1.807, 2.05) is 6.20 Å². The number of benzene rings is 2. The summed E-state index contributed by atoms with van der Waals surface area (Å²) >= 11 is 0. The number of aryl methyl sites for hydroxylation is 2. The van der Waals surface area contributed by atoms with Gasteiger partial charge in [-0.25, -0.2) is 0 Å². The smallest absolute Gasteiger partial charge is 0.202 e. The van der Waals surface area contributed by atoms with Crippen LogP contribution in [0.15, 0.2) is 60.9 Å². The number of hydrogen-bond donors (Lipinski definition) is 1. The number of H-pyrrole nitrogens is 1. The quantitative estimate of drug-likeness (QED) is 0.713. The highest BCUT2D eigenvalue weighted by molar-refractivity contribution is 6.51. The Morgan fingerprint density at radius 1 is 1.05 bits per heavy atom. The average molecular weight is 287 g/mol. The van der Waals surface area contributed by atoms with Crippen LogP contribution >= 0.6 is 0 Å². The van der Waals surface area contributed by atoms with E-state index in [-0.39, 0.29) is 0 Å². The molecule has 1 radical (unpaired) electrons. The molecule has 1 unspecified atom stereocenters. The van der Waals surface area contributed by atoms with Gasteiger partial charge in [-0.1, -0.05) is 60.4 Å². The third-order valence-electron chi connectivity index (χ3n) is 4.11. The number of nitrogens with one attached hydrogen (secondary N) is 1. The first-order valence-corrected chi connectivity index (χ1v) is 7.69. The van der Waals surface area contributed by atoms with Gasteiger partial charge < -0.3 is 4.98 Å². The van der Waals surface area contributed by atoms with Gasteiger partial charge >= 0.3 is 0 Å². The number of rotatable bonds is 5. The normalized spacial score (nSPS) is 12.1. The van der Waals surface area contributed by atoms with Gasteiger partial charge in [0.05, 0.1) is 5.72 Å². The molecular formula is C19H20BN2. The fourth-order valence-electron chi connectivity index (χ4n) is 2.84. The minimum absolute atomic E-state index is 0.354. The van der Waals surface area contributed by atoms with Gasteiger partial charge in [0.25, 0.3) is 0 Å². The van der Waals surface area contributed by atoms with Gasteiger partial charge in [0, 0.05) is 18.3 Å². The van der Waals surface area contributed by atoms with Crippen molar-refractivity contribution >= 4 is 13.0 Å². The second kappa shape index (κ2) is 6.65. The van der Waals surface area contributed by atoms with E-state index < -0.39 is 0 Å². The molecule has 2 aromatic carbocycles. The molecule has 1 atom stereocenters. The van der Waals surface area contributed by atoms with Crippen molar-refractivity contribution in [2.45, 2.75) is 26.1 Å². The van der Waals surface area contributed by atoms with Crippen LogP contribution in [0.25, 0.3) is 0 Å². The molecule has 3 rings (SSSR count). The predicted octanol–water partition coefficient (Wildman–Crippen LogP) is 3.61. The monoisotopic (exact) mass is 287 g/mol. The lowest BCUT2D eigenvalue weighted by molar-refractivity contribution is 0.902. The second-order valence-corrected chi connectivity index (χ2v) is 5.73. The summed E-state index contributed by atoms with van der Waals surface area (Å²) in [4.78, 5) is 7.45. The van der Waals surface area contributed by atoms with E-state index >= 15 is 0 Å². The highest BCUT2D eigenvalue weighted by atomic mass is 14.9. The minimum atomic E-state index is 0.354. The molecule has 0 aliphatic heterocycles. The molecule has 0 saturated carbocycles. The van der Waals surface area contributed by atoms with Crippen LogP contribution in [0.5, 0.6) is 0 Å². The lowest BCUT2D eigenvalue weighted by Crippen LogP contribution is -2.20. The van der Waals surface area contributed by atoms with Gasteiger partial charge in [0.15, 0.2) is 0 Å². The van der Waals surface area contributed by atoms with Crippen molar-refractivity contribution in [3.8, 4) is 0 Å². The van der Waals surface area contributed by atoms with E-state index in [0.29, 0.717) is 5.92 Å². The van der Waals surface area contributed by atoms with E-state index in [9.17, 15) is 0 Å². The Kier molecular flexibility index (Phi) is 4.43. The van der Waals surface area contributed by atoms with Gasteiger partial charge in [-0.2, -0.15) is 0 Å². The summed E-state index contributed by atoms with van der Waals surface area (Å²) in [6.45, 7) is 4.31. The number of aromatic nitrogens is 2. The molecular weight excluding hydrogens is 267 g/mol. The third-order valence-corrected chi connectivity index (χ3v) is 4.11. The lowest BCUT2D eigenvalue weighted by atomic mass is 9.65. The first-order valence-electron chi connectivity index (χ1n) is 7.69. The Hall–Kier alpha value is -2.29. The highest BCUT2D eigenvalue weighted by Gasteiger charge is 2.17. The maximum atomic E-state index is 4.30. The molecule has 1 N–H and O–H groups in total. The number of nitrogens with zero attached hydrogens (tertiary/aromatic N) is 1. The van der Waals surface area contributed by atoms with Crippen molar-refractivity contribution in [3.63, 3.8) is 0 Å². The van der Waals surface area contributed by atoms with E-state index in [1.54, 1.807) is 6.20 Å². The molecule has 1 aromatic heterocycles. The fraction of sp³-hybridized carbons (Fsp3) is 0.211. The predicted molar refractivity (Wildman–Crippen MR) is 93.0 cm³/mol. The standard InChI is InChI=1S/C19H20BN2/c1-14-7-9-16(10-8-14)18(13-20-19-21-11-12-22-19)17-6-4-3-5-15(17)2/h3-12,18H,13H2,1-2H3,(H,21,22). The van der Waals surface area contributed by atoms with Crippen LogP contribution in [0, 0.1) is 13.8 Å².